The first-order valence-electron chi connectivity index (χ1n) is 6.31. The van der Waals surface area contributed by atoms with Gasteiger partial charge >= 0.3 is 0 Å². The molecule has 0 aliphatic rings. The van der Waals surface area contributed by atoms with E-state index in [2.05, 4.69) is 20.7 Å². The summed E-state index contributed by atoms with van der Waals surface area (Å²) >= 11 is 0. The summed E-state index contributed by atoms with van der Waals surface area (Å²) in [4.78, 5) is 11.8. The number of hydrogen-bond acceptors (Lipinski definition) is 5. The van der Waals surface area contributed by atoms with E-state index in [-0.39, 0.29) is 11.6 Å². The van der Waals surface area contributed by atoms with E-state index in [0.717, 1.165) is 0 Å². The van der Waals surface area contributed by atoms with Crippen LogP contribution in [0.3, 0.4) is 0 Å². The second-order valence-corrected chi connectivity index (χ2v) is 3.84. The van der Waals surface area contributed by atoms with E-state index in [0.29, 0.717) is 30.4 Å². The molecule has 2 rings (SSSR count). The number of aromatic amines is 1. The lowest BCUT2D eigenvalue weighted by atomic mass is 10.2. The van der Waals surface area contributed by atoms with Crippen molar-refractivity contribution in [3.8, 4) is 11.5 Å². The first kappa shape index (κ1) is 13.9. The molecule has 0 aliphatic carbocycles. The van der Waals surface area contributed by atoms with Crippen LogP contribution in [0.15, 0.2) is 24.4 Å². The van der Waals surface area contributed by atoms with Crippen molar-refractivity contribution >= 4 is 11.6 Å². The smallest absolute Gasteiger partial charge is 0.277 e. The molecule has 1 heterocycles. The third-order valence-electron chi connectivity index (χ3n) is 2.45. The van der Waals surface area contributed by atoms with Gasteiger partial charge in [0.2, 0.25) is 0 Å². The Morgan fingerprint density at radius 2 is 2.00 bits per heavy atom. The first-order valence-corrected chi connectivity index (χ1v) is 6.31. The number of H-pyrrole nitrogens is 1. The third-order valence-corrected chi connectivity index (χ3v) is 2.45. The van der Waals surface area contributed by atoms with E-state index in [1.807, 2.05) is 13.8 Å². The molecule has 2 N–H and O–H groups in total. The van der Waals surface area contributed by atoms with E-state index in [9.17, 15) is 4.79 Å². The predicted octanol–water partition coefficient (Wildman–Crippen LogP) is 1.85. The van der Waals surface area contributed by atoms with Gasteiger partial charge in [-0.05, 0) is 26.0 Å². The molecule has 0 spiro atoms. The SMILES string of the molecule is CCOc1ccc(NC(=O)c2cn[nH]n2)cc1OCC. The van der Waals surface area contributed by atoms with Gasteiger partial charge in [-0.25, -0.2) is 0 Å². The molecule has 0 atom stereocenters. The molecule has 1 aromatic carbocycles. The predicted molar refractivity (Wildman–Crippen MR) is 73.1 cm³/mol. The van der Waals surface area contributed by atoms with Crippen molar-refractivity contribution in [3.63, 3.8) is 0 Å². The minimum atomic E-state index is -0.342. The third kappa shape index (κ3) is 3.25. The summed E-state index contributed by atoms with van der Waals surface area (Å²) in [6.45, 7) is 4.85. The highest BCUT2D eigenvalue weighted by molar-refractivity contribution is 6.02. The molecule has 7 heteroatoms. The second kappa shape index (κ2) is 6.55. The maximum Gasteiger partial charge on any atom is 0.277 e. The molecule has 20 heavy (non-hydrogen) atoms. The van der Waals surface area contributed by atoms with Crippen molar-refractivity contribution < 1.29 is 14.3 Å². The molecule has 0 saturated heterocycles. The molecule has 0 saturated carbocycles. The maximum absolute atomic E-state index is 11.8. The number of carbonyl (C=O) groups is 1. The lowest BCUT2D eigenvalue weighted by Crippen LogP contribution is -2.12. The number of carbonyl (C=O) groups excluding carboxylic acids is 1. The number of aromatic nitrogens is 3. The summed E-state index contributed by atoms with van der Waals surface area (Å²) in [5, 5.41) is 12.4. The van der Waals surface area contributed by atoms with Crippen LogP contribution in [0.4, 0.5) is 5.69 Å². The Balaban J connectivity index is 2.16. The number of rotatable bonds is 6. The molecule has 0 aliphatic heterocycles. The number of nitrogens with zero attached hydrogens (tertiary/aromatic N) is 2. The van der Waals surface area contributed by atoms with Gasteiger partial charge in [-0.2, -0.15) is 15.4 Å². The van der Waals surface area contributed by atoms with Crippen LogP contribution in [0.5, 0.6) is 11.5 Å². The normalized spacial score (nSPS) is 10.1. The van der Waals surface area contributed by atoms with Gasteiger partial charge in [-0.1, -0.05) is 0 Å². The first-order chi connectivity index (χ1) is 9.74. The Labute approximate surface area is 116 Å². The fraction of sp³-hybridized carbons (Fsp3) is 0.308. The van der Waals surface area contributed by atoms with Crippen LogP contribution in [-0.2, 0) is 0 Å². The van der Waals surface area contributed by atoms with Crippen molar-refractivity contribution in [1.29, 1.82) is 0 Å². The number of anilines is 1. The highest BCUT2D eigenvalue weighted by atomic mass is 16.5. The number of benzene rings is 1. The molecule has 7 nitrogen and oxygen atoms in total. The zero-order valence-electron chi connectivity index (χ0n) is 11.3. The standard InChI is InChI=1S/C13H16N4O3/c1-3-19-11-6-5-9(7-12(11)20-4-2)15-13(18)10-8-14-17-16-10/h5-8H,3-4H2,1-2H3,(H,15,18)(H,14,16,17). The van der Waals surface area contributed by atoms with Crippen molar-refractivity contribution in [2.45, 2.75) is 13.8 Å². The lowest BCUT2D eigenvalue weighted by Gasteiger charge is -2.12. The molecular weight excluding hydrogens is 260 g/mol. The molecule has 0 radical (unpaired) electrons. The zero-order valence-corrected chi connectivity index (χ0v) is 11.3. The summed E-state index contributed by atoms with van der Waals surface area (Å²) in [5.41, 5.74) is 0.821. The molecule has 106 valence electrons. The number of nitrogens with one attached hydrogen (secondary N) is 2. The van der Waals surface area contributed by atoms with Crippen LogP contribution in [-0.4, -0.2) is 34.5 Å². The highest BCUT2D eigenvalue weighted by Crippen LogP contribution is 2.30. The largest absolute Gasteiger partial charge is 0.490 e. The van der Waals surface area contributed by atoms with E-state index in [1.54, 1.807) is 18.2 Å². The van der Waals surface area contributed by atoms with Crippen molar-refractivity contribution in [1.82, 2.24) is 15.4 Å². The fourth-order valence-corrected chi connectivity index (χ4v) is 1.64. The van der Waals surface area contributed by atoms with Crippen LogP contribution in [0.1, 0.15) is 24.3 Å². The highest BCUT2D eigenvalue weighted by Gasteiger charge is 2.11. The van der Waals surface area contributed by atoms with E-state index < -0.39 is 0 Å². The number of hydrogen-bond donors (Lipinski definition) is 2. The zero-order chi connectivity index (χ0) is 14.4. The van der Waals surface area contributed by atoms with Gasteiger partial charge in [0.15, 0.2) is 17.2 Å². The van der Waals surface area contributed by atoms with Crippen LogP contribution < -0.4 is 14.8 Å². The molecule has 0 unspecified atom stereocenters. The summed E-state index contributed by atoms with van der Waals surface area (Å²) < 4.78 is 10.9. The topological polar surface area (TPSA) is 89.1 Å². The van der Waals surface area contributed by atoms with E-state index in [4.69, 9.17) is 9.47 Å². The van der Waals surface area contributed by atoms with E-state index >= 15 is 0 Å². The number of amides is 1. The molecule has 1 aromatic heterocycles. The van der Waals surface area contributed by atoms with Crippen molar-refractivity contribution in [2.24, 2.45) is 0 Å². The van der Waals surface area contributed by atoms with Crippen LogP contribution in [0.25, 0.3) is 0 Å². The average molecular weight is 276 g/mol. The van der Waals surface area contributed by atoms with Gasteiger partial charge in [0.1, 0.15) is 0 Å². The minimum Gasteiger partial charge on any atom is -0.490 e. The maximum atomic E-state index is 11.8. The lowest BCUT2D eigenvalue weighted by molar-refractivity contribution is 0.102. The van der Waals surface area contributed by atoms with Crippen molar-refractivity contribution in [2.75, 3.05) is 18.5 Å². The second-order valence-electron chi connectivity index (χ2n) is 3.84. The Bertz CT molecular complexity index is 569. The van der Waals surface area contributed by atoms with Gasteiger partial charge in [-0.15, -0.1) is 0 Å². The Kier molecular flexibility index (Phi) is 4.54. The minimum absolute atomic E-state index is 0.219. The fourth-order valence-electron chi connectivity index (χ4n) is 1.64. The van der Waals surface area contributed by atoms with Gasteiger partial charge < -0.3 is 14.8 Å². The summed E-state index contributed by atoms with van der Waals surface area (Å²) in [6.07, 6.45) is 1.35. The Hall–Kier alpha value is -2.57. The summed E-state index contributed by atoms with van der Waals surface area (Å²) in [7, 11) is 0. The van der Waals surface area contributed by atoms with Crippen molar-refractivity contribution in [3.05, 3.63) is 30.1 Å². The van der Waals surface area contributed by atoms with Crippen LogP contribution >= 0.6 is 0 Å². The summed E-state index contributed by atoms with van der Waals surface area (Å²) in [6, 6.07) is 5.21. The average Bonchev–Trinajstić information content (AvgIpc) is 2.96. The molecule has 2 aromatic rings. The van der Waals surface area contributed by atoms with Crippen LogP contribution in [0, 0.1) is 0 Å². The molecular formula is C13H16N4O3. The van der Waals surface area contributed by atoms with Crippen LogP contribution in [0.2, 0.25) is 0 Å². The molecule has 1 amide bonds. The van der Waals surface area contributed by atoms with Gasteiger partial charge in [0, 0.05) is 11.8 Å². The van der Waals surface area contributed by atoms with Gasteiger partial charge in [-0.3, -0.25) is 4.79 Å². The monoisotopic (exact) mass is 276 g/mol. The van der Waals surface area contributed by atoms with E-state index in [1.165, 1.54) is 6.20 Å². The van der Waals surface area contributed by atoms with Gasteiger partial charge in [0.05, 0.1) is 19.4 Å². The van der Waals surface area contributed by atoms with Gasteiger partial charge in [0.25, 0.3) is 5.91 Å². The molecule has 0 fully saturated rings. The summed E-state index contributed by atoms with van der Waals surface area (Å²) in [5.74, 6) is 0.895. The number of ether oxygens (including phenoxy) is 2. The Morgan fingerprint density at radius 1 is 1.25 bits per heavy atom. The Morgan fingerprint density at radius 3 is 2.65 bits per heavy atom. The molecule has 0 bridgehead atoms. The quantitative estimate of drug-likeness (QED) is 0.840.